The van der Waals surface area contributed by atoms with Crippen molar-refractivity contribution in [1.82, 2.24) is 15.6 Å². The maximum Gasteiger partial charge on any atom is 0.253 e. The van der Waals surface area contributed by atoms with Gasteiger partial charge in [-0.15, -0.1) is 0 Å². The van der Waals surface area contributed by atoms with Crippen LogP contribution in [-0.4, -0.2) is 42.5 Å². The summed E-state index contributed by atoms with van der Waals surface area (Å²) in [6.45, 7) is 2.61. The van der Waals surface area contributed by atoms with E-state index in [1.807, 2.05) is 12.1 Å². The van der Waals surface area contributed by atoms with Gasteiger partial charge in [-0.1, -0.05) is 11.6 Å². The predicted octanol–water partition coefficient (Wildman–Crippen LogP) is 1.72. The molecule has 2 fully saturated rings. The summed E-state index contributed by atoms with van der Waals surface area (Å²) in [7, 11) is 0. The van der Waals surface area contributed by atoms with Gasteiger partial charge in [-0.25, -0.2) is 0 Å². The highest BCUT2D eigenvalue weighted by atomic mass is 35.5. The van der Waals surface area contributed by atoms with Gasteiger partial charge in [-0.2, -0.15) is 0 Å². The van der Waals surface area contributed by atoms with Gasteiger partial charge in [0.15, 0.2) is 0 Å². The third-order valence-electron chi connectivity index (χ3n) is 4.56. The van der Waals surface area contributed by atoms with Crippen molar-refractivity contribution in [2.24, 2.45) is 0 Å². The highest BCUT2D eigenvalue weighted by Crippen LogP contribution is 2.33. The Morgan fingerprint density at radius 1 is 1.33 bits per heavy atom. The minimum atomic E-state index is -0.467. The second-order valence-electron chi connectivity index (χ2n) is 6.17. The molecule has 0 saturated carbocycles. The molecule has 1 atom stereocenters. The molecule has 2 aliphatic rings. The third-order valence-corrected chi connectivity index (χ3v) is 4.87. The van der Waals surface area contributed by atoms with E-state index in [0.717, 1.165) is 29.7 Å². The molecule has 24 heavy (non-hydrogen) atoms. The topological polar surface area (TPSA) is 74.3 Å². The number of carbonyl (C=O) groups excluding carboxylic acids is 2. The standard InChI is InChI=1S/C17H17ClN4O2/c18-12-7-10-6-11(16(23)21-13-2-3-19-17(13)24)9-20-14(10)8-15(12)22-4-1-5-22/h6-9,13H,1-5H2,(H,19,24)(H,21,23)/t13-/m0/s1. The summed E-state index contributed by atoms with van der Waals surface area (Å²) in [6.07, 6.45) is 3.32. The van der Waals surface area contributed by atoms with E-state index >= 15 is 0 Å². The normalized spacial score (nSPS) is 20.0. The van der Waals surface area contributed by atoms with E-state index in [1.165, 1.54) is 12.6 Å². The lowest BCUT2D eigenvalue weighted by molar-refractivity contribution is -0.120. The zero-order valence-electron chi connectivity index (χ0n) is 13.0. The molecule has 0 unspecified atom stereocenters. The van der Waals surface area contributed by atoms with Gasteiger partial charge in [0, 0.05) is 31.2 Å². The Balaban J connectivity index is 1.60. The van der Waals surface area contributed by atoms with Crippen LogP contribution in [0.1, 0.15) is 23.2 Å². The van der Waals surface area contributed by atoms with Crippen LogP contribution in [0.15, 0.2) is 24.4 Å². The van der Waals surface area contributed by atoms with E-state index in [-0.39, 0.29) is 11.8 Å². The zero-order chi connectivity index (χ0) is 16.7. The highest BCUT2D eigenvalue weighted by Gasteiger charge is 2.26. The number of carbonyl (C=O) groups is 2. The van der Waals surface area contributed by atoms with Crippen molar-refractivity contribution in [3.8, 4) is 0 Å². The molecule has 124 valence electrons. The molecular weight excluding hydrogens is 328 g/mol. The van der Waals surface area contributed by atoms with E-state index < -0.39 is 6.04 Å². The van der Waals surface area contributed by atoms with Crippen molar-refractivity contribution in [2.75, 3.05) is 24.5 Å². The molecule has 2 aliphatic heterocycles. The number of nitrogens with one attached hydrogen (secondary N) is 2. The average Bonchev–Trinajstić information content (AvgIpc) is 2.91. The first-order chi connectivity index (χ1) is 11.6. The number of anilines is 1. The van der Waals surface area contributed by atoms with E-state index in [1.54, 1.807) is 6.07 Å². The van der Waals surface area contributed by atoms with Gasteiger partial charge in [0.1, 0.15) is 6.04 Å². The number of hydrogen-bond donors (Lipinski definition) is 2. The minimum Gasteiger partial charge on any atom is -0.370 e. The minimum absolute atomic E-state index is 0.140. The van der Waals surface area contributed by atoms with Gasteiger partial charge in [0.25, 0.3) is 5.91 Å². The van der Waals surface area contributed by atoms with Gasteiger partial charge in [-0.05, 0) is 31.0 Å². The molecule has 4 rings (SSSR count). The molecule has 1 aromatic heterocycles. The molecule has 1 aromatic carbocycles. The van der Waals surface area contributed by atoms with E-state index in [9.17, 15) is 9.59 Å². The van der Waals surface area contributed by atoms with E-state index in [2.05, 4.69) is 20.5 Å². The molecule has 0 aliphatic carbocycles. The van der Waals surface area contributed by atoms with Crippen LogP contribution in [0.4, 0.5) is 5.69 Å². The Hall–Kier alpha value is -2.34. The Morgan fingerprint density at radius 2 is 2.17 bits per heavy atom. The summed E-state index contributed by atoms with van der Waals surface area (Å²) >= 11 is 6.38. The fourth-order valence-electron chi connectivity index (χ4n) is 3.03. The summed E-state index contributed by atoms with van der Waals surface area (Å²) in [6, 6.07) is 5.10. The predicted molar refractivity (Wildman–Crippen MR) is 92.5 cm³/mol. The maximum atomic E-state index is 12.3. The van der Waals surface area contributed by atoms with Gasteiger partial charge < -0.3 is 15.5 Å². The first-order valence-electron chi connectivity index (χ1n) is 8.04. The SMILES string of the molecule is O=C(N[C@H]1CCNC1=O)c1cnc2cc(N3CCC3)c(Cl)cc2c1. The number of aromatic nitrogens is 1. The first-order valence-corrected chi connectivity index (χ1v) is 8.42. The second-order valence-corrected chi connectivity index (χ2v) is 6.57. The van der Waals surface area contributed by atoms with Crippen LogP contribution in [0.5, 0.6) is 0 Å². The Kier molecular flexibility index (Phi) is 3.76. The Morgan fingerprint density at radius 3 is 2.83 bits per heavy atom. The van der Waals surface area contributed by atoms with Crippen LogP contribution < -0.4 is 15.5 Å². The highest BCUT2D eigenvalue weighted by molar-refractivity contribution is 6.34. The number of halogens is 1. The molecule has 3 heterocycles. The number of hydrogen-bond acceptors (Lipinski definition) is 4. The van der Waals surface area contributed by atoms with E-state index in [0.29, 0.717) is 23.6 Å². The monoisotopic (exact) mass is 344 g/mol. The Labute approximate surface area is 144 Å². The molecule has 0 bridgehead atoms. The Bertz CT molecular complexity index is 835. The number of pyridine rings is 1. The third kappa shape index (κ3) is 2.67. The smallest absolute Gasteiger partial charge is 0.253 e. The number of benzene rings is 1. The summed E-state index contributed by atoms with van der Waals surface area (Å²) in [5.41, 5.74) is 2.22. The lowest BCUT2D eigenvalue weighted by Gasteiger charge is -2.34. The van der Waals surface area contributed by atoms with Gasteiger partial charge in [-0.3, -0.25) is 14.6 Å². The van der Waals surface area contributed by atoms with Crippen molar-refractivity contribution >= 4 is 40.0 Å². The van der Waals surface area contributed by atoms with Crippen LogP contribution >= 0.6 is 11.6 Å². The molecule has 0 spiro atoms. The first kappa shape index (κ1) is 15.2. The van der Waals surface area contributed by atoms with Gasteiger partial charge in [0.05, 0.1) is 21.8 Å². The van der Waals surface area contributed by atoms with Crippen LogP contribution in [0.3, 0.4) is 0 Å². The van der Waals surface area contributed by atoms with Crippen LogP contribution in [0.25, 0.3) is 10.9 Å². The summed E-state index contributed by atoms with van der Waals surface area (Å²) in [5, 5.41) is 6.92. The van der Waals surface area contributed by atoms with Crippen molar-refractivity contribution in [3.63, 3.8) is 0 Å². The molecule has 6 nitrogen and oxygen atoms in total. The number of rotatable bonds is 3. The average molecular weight is 345 g/mol. The summed E-state index contributed by atoms with van der Waals surface area (Å²) in [4.78, 5) is 30.5. The van der Waals surface area contributed by atoms with Crippen LogP contribution in [-0.2, 0) is 4.79 Å². The van der Waals surface area contributed by atoms with E-state index in [4.69, 9.17) is 11.6 Å². The number of amides is 2. The van der Waals surface area contributed by atoms with Gasteiger partial charge in [0.2, 0.25) is 5.91 Å². The van der Waals surface area contributed by atoms with Crippen LogP contribution in [0, 0.1) is 0 Å². The van der Waals surface area contributed by atoms with Crippen molar-refractivity contribution < 1.29 is 9.59 Å². The summed E-state index contributed by atoms with van der Waals surface area (Å²) in [5.74, 6) is -0.436. The van der Waals surface area contributed by atoms with Gasteiger partial charge >= 0.3 is 0 Å². The largest absolute Gasteiger partial charge is 0.370 e. The second kappa shape index (κ2) is 5.94. The van der Waals surface area contributed by atoms with Crippen molar-refractivity contribution in [1.29, 1.82) is 0 Å². The molecule has 2 saturated heterocycles. The fourth-order valence-corrected chi connectivity index (χ4v) is 3.33. The summed E-state index contributed by atoms with van der Waals surface area (Å²) < 4.78 is 0. The number of fused-ring (bicyclic) bond motifs is 1. The lowest BCUT2D eigenvalue weighted by atomic mass is 10.1. The maximum absolute atomic E-state index is 12.3. The molecule has 7 heteroatoms. The molecular formula is C17H17ClN4O2. The van der Waals surface area contributed by atoms with Crippen LogP contribution in [0.2, 0.25) is 5.02 Å². The van der Waals surface area contributed by atoms with Crippen molar-refractivity contribution in [2.45, 2.75) is 18.9 Å². The van der Waals surface area contributed by atoms with Crippen molar-refractivity contribution in [3.05, 3.63) is 35.0 Å². The molecule has 2 aromatic rings. The molecule has 2 amide bonds. The number of nitrogens with zero attached hydrogens (tertiary/aromatic N) is 2. The zero-order valence-corrected chi connectivity index (χ0v) is 13.8. The fraction of sp³-hybridized carbons (Fsp3) is 0.353. The quantitative estimate of drug-likeness (QED) is 0.889. The lowest BCUT2D eigenvalue weighted by Crippen LogP contribution is -2.40. The molecule has 0 radical (unpaired) electrons. The molecule has 2 N–H and O–H groups in total.